The number of carboxylic acids is 1. The van der Waals surface area contributed by atoms with Gasteiger partial charge in [0.15, 0.2) is 6.23 Å². The molecule has 3 heterocycles. The van der Waals surface area contributed by atoms with Gasteiger partial charge in [0, 0.05) is 12.6 Å². The third-order valence-electron chi connectivity index (χ3n) is 6.46. The van der Waals surface area contributed by atoms with Crippen molar-refractivity contribution in [3.8, 4) is 0 Å². The predicted octanol–water partition coefficient (Wildman–Crippen LogP) is -6.33. The second-order valence-electron chi connectivity index (χ2n) is 9.39. The van der Waals surface area contributed by atoms with Crippen molar-refractivity contribution in [1.29, 1.82) is 0 Å². The predicted molar refractivity (Wildman–Crippen MR) is 132 cm³/mol. The Hall–Kier alpha value is -2.63. The molecule has 1 aromatic rings. The van der Waals surface area contributed by atoms with Crippen molar-refractivity contribution in [2.75, 3.05) is 25.5 Å². The van der Waals surface area contributed by atoms with Gasteiger partial charge in [-0.05, 0) is 6.07 Å². The van der Waals surface area contributed by atoms with Crippen molar-refractivity contribution >= 4 is 25.5 Å². The van der Waals surface area contributed by atoms with Crippen LogP contribution in [0.5, 0.6) is 0 Å². The second kappa shape index (κ2) is 13.3. The van der Waals surface area contributed by atoms with E-state index in [1.807, 2.05) is 0 Å². The summed E-state index contributed by atoms with van der Waals surface area (Å²) in [5.74, 6) is -6.39. The van der Waals surface area contributed by atoms with Gasteiger partial charge in [-0.2, -0.15) is 4.98 Å². The van der Waals surface area contributed by atoms with Gasteiger partial charge < -0.3 is 66.9 Å². The summed E-state index contributed by atoms with van der Waals surface area (Å²) < 4.78 is 33.7. The van der Waals surface area contributed by atoms with Gasteiger partial charge in [-0.3, -0.25) is 13.9 Å². The number of amides is 1. The number of aliphatic hydroxyl groups excluding tert-OH is 6. The van der Waals surface area contributed by atoms with Crippen molar-refractivity contribution in [2.45, 2.75) is 67.2 Å². The van der Waals surface area contributed by atoms with Gasteiger partial charge in [-0.1, -0.05) is 0 Å². The van der Waals surface area contributed by atoms with E-state index in [1.54, 1.807) is 0 Å². The molecule has 1 aromatic heterocycles. The van der Waals surface area contributed by atoms with E-state index in [4.69, 9.17) is 30.0 Å². The average molecular weight is 629 g/mol. The Morgan fingerprint density at radius 3 is 2.52 bits per heavy atom. The summed E-state index contributed by atoms with van der Waals surface area (Å²) in [6.45, 7) is -2.71. The number of nitrogens with two attached hydrogens (primary N) is 2. The van der Waals surface area contributed by atoms with Crippen LogP contribution in [-0.2, 0) is 32.7 Å². The lowest BCUT2D eigenvalue weighted by Gasteiger charge is -2.46. The van der Waals surface area contributed by atoms with E-state index in [1.165, 1.54) is 6.07 Å². The number of phosphoric acid groups is 1. The average Bonchev–Trinajstić information content (AvgIpc) is 3.20. The van der Waals surface area contributed by atoms with Crippen LogP contribution in [0.1, 0.15) is 12.6 Å². The van der Waals surface area contributed by atoms with E-state index >= 15 is 0 Å². The molecule has 22 heteroatoms. The van der Waals surface area contributed by atoms with Crippen molar-refractivity contribution in [1.82, 2.24) is 14.9 Å². The summed E-state index contributed by atoms with van der Waals surface area (Å²) >= 11 is 0. The third-order valence-corrected chi connectivity index (χ3v) is 7.46. The first-order chi connectivity index (χ1) is 19.6. The highest BCUT2D eigenvalue weighted by Crippen LogP contribution is 2.51. The fourth-order valence-electron chi connectivity index (χ4n) is 4.33. The maximum Gasteiger partial charge on any atom is 0.475 e. The number of aliphatic hydroxyl groups is 6. The molecule has 13 N–H and O–H groups in total. The number of nitrogens with one attached hydrogen (secondary N) is 1. The van der Waals surface area contributed by atoms with Crippen molar-refractivity contribution in [3.63, 3.8) is 0 Å². The number of anilines is 1. The van der Waals surface area contributed by atoms with Crippen LogP contribution in [0.3, 0.4) is 0 Å². The van der Waals surface area contributed by atoms with Crippen molar-refractivity contribution < 1.29 is 73.3 Å². The zero-order chi connectivity index (χ0) is 31.6. The molecule has 11 atom stereocenters. The molecule has 3 rings (SSSR count). The van der Waals surface area contributed by atoms with E-state index in [2.05, 4.69) is 10.3 Å². The van der Waals surface area contributed by atoms with Crippen LogP contribution in [0.2, 0.25) is 0 Å². The molecule has 2 aliphatic heterocycles. The van der Waals surface area contributed by atoms with E-state index in [0.717, 1.165) is 10.8 Å². The molecule has 2 aliphatic rings. The number of rotatable bonds is 12. The number of hydrogen-bond acceptors (Lipinski definition) is 17. The largest absolute Gasteiger partial charge is 0.477 e. The summed E-state index contributed by atoms with van der Waals surface area (Å²) in [6, 6.07) is -0.442. The molecule has 2 saturated heterocycles. The molecule has 0 aliphatic carbocycles. The summed E-state index contributed by atoms with van der Waals surface area (Å²) in [7, 11) is -5.54. The number of carboxylic acid groups (broad SMARTS) is 1. The van der Waals surface area contributed by atoms with Crippen molar-refractivity contribution in [2.24, 2.45) is 5.73 Å². The lowest BCUT2D eigenvalue weighted by molar-refractivity contribution is -0.289. The van der Waals surface area contributed by atoms with E-state index in [-0.39, 0.29) is 5.82 Å². The molecule has 238 valence electrons. The van der Waals surface area contributed by atoms with Crippen LogP contribution in [0, 0.1) is 0 Å². The normalized spacial score (nSPS) is 34.3. The summed E-state index contributed by atoms with van der Waals surface area (Å²) in [4.78, 5) is 49.9. The van der Waals surface area contributed by atoms with Crippen LogP contribution in [0.15, 0.2) is 17.1 Å². The number of nitrogen functional groups attached to an aromatic ring is 1. The van der Waals surface area contributed by atoms with Gasteiger partial charge in [0.1, 0.15) is 42.4 Å². The number of aliphatic carboxylic acids is 1. The van der Waals surface area contributed by atoms with Gasteiger partial charge in [-0.15, -0.1) is 0 Å². The molecule has 2 fully saturated rings. The molecule has 42 heavy (non-hydrogen) atoms. The number of carbonyl (C=O) groups is 2. The first-order valence-electron chi connectivity index (χ1n) is 12.2. The van der Waals surface area contributed by atoms with Crippen LogP contribution < -0.4 is 22.5 Å². The number of carbonyl (C=O) groups excluding carboxylic acids is 1. The van der Waals surface area contributed by atoms with Crippen LogP contribution in [0.4, 0.5) is 5.82 Å². The van der Waals surface area contributed by atoms with E-state index in [0.29, 0.717) is 0 Å². The maximum atomic E-state index is 12.8. The SMILES string of the molecule is NCC(=O)N[C@H]1C([C@H](O)[C@H](O)CO)O[C@](OP(=O)(O)OCC2O[C@@H](n3ccc(N)nc3=O)[C@H](O)[C@@H]2O)(C(=O)O)C[C@H]1O. The molecule has 0 saturated carbocycles. The van der Waals surface area contributed by atoms with Gasteiger partial charge in [0.05, 0.1) is 31.9 Å². The maximum absolute atomic E-state index is 12.8. The Balaban J connectivity index is 1.79. The topological polar surface area (TPSA) is 349 Å². The van der Waals surface area contributed by atoms with Crippen molar-refractivity contribution in [3.05, 3.63) is 22.7 Å². The van der Waals surface area contributed by atoms with Gasteiger partial charge >= 0.3 is 19.5 Å². The standard InChI is InChI=1S/C20H32N5O16P/c21-4-11(29)24-12-7(27)3-20(18(33)34,40-16(12)13(30)8(28)5-26)41-42(36,37)38-6-9-14(31)15(32)17(39-9)25-2-1-10(22)23-19(25)35/h1-2,7-9,12-17,26-28,30-32H,3-6,21H2,(H,24,29)(H,33,34)(H,36,37)(H2,22,23,35)/t7-,8-,9?,12-,13-,14-,15-,16?,17-,20-/m1/s1. The minimum absolute atomic E-state index is 0.140. The third kappa shape index (κ3) is 7.29. The monoisotopic (exact) mass is 629 g/mol. The second-order valence-corrected chi connectivity index (χ2v) is 10.8. The van der Waals surface area contributed by atoms with Gasteiger partial charge in [0.25, 0.3) is 5.79 Å². The number of hydrogen-bond donors (Lipinski definition) is 11. The van der Waals surface area contributed by atoms with Gasteiger partial charge in [0.2, 0.25) is 5.91 Å². The quantitative estimate of drug-likeness (QED) is 0.0957. The first kappa shape index (κ1) is 33.9. The molecular formula is C20H32N5O16P. The Morgan fingerprint density at radius 1 is 1.29 bits per heavy atom. The fourth-order valence-corrected chi connectivity index (χ4v) is 5.28. The summed E-state index contributed by atoms with van der Waals surface area (Å²) in [6.07, 6.45) is -14.9. The molecule has 21 nitrogen and oxygen atoms in total. The highest BCUT2D eigenvalue weighted by Gasteiger charge is 2.59. The minimum atomic E-state index is -5.54. The molecule has 1 amide bonds. The summed E-state index contributed by atoms with van der Waals surface area (Å²) in [5, 5.41) is 72.8. The van der Waals surface area contributed by atoms with Crippen LogP contribution in [-0.4, -0.2) is 136 Å². The number of phosphoric ester groups is 1. The Labute approximate surface area is 235 Å². The highest BCUT2D eigenvalue weighted by molar-refractivity contribution is 7.47. The number of ether oxygens (including phenoxy) is 2. The lowest BCUT2D eigenvalue weighted by Crippen LogP contribution is -2.68. The zero-order valence-corrected chi connectivity index (χ0v) is 22.4. The molecule has 0 bridgehead atoms. The van der Waals surface area contributed by atoms with Crippen LogP contribution >= 0.6 is 7.82 Å². The molecule has 3 unspecified atom stereocenters. The zero-order valence-electron chi connectivity index (χ0n) is 21.5. The van der Waals surface area contributed by atoms with Gasteiger partial charge in [-0.25, -0.2) is 18.7 Å². The van der Waals surface area contributed by atoms with E-state index in [9.17, 15) is 59.6 Å². The van der Waals surface area contributed by atoms with Crippen LogP contribution in [0.25, 0.3) is 0 Å². The molecular weight excluding hydrogens is 597 g/mol. The Kier molecular flexibility index (Phi) is 10.8. The number of nitrogens with zero attached hydrogens (tertiary/aromatic N) is 2. The lowest BCUT2D eigenvalue weighted by atomic mass is 9.88. The fraction of sp³-hybridized carbons (Fsp3) is 0.700. The van der Waals surface area contributed by atoms with E-state index < -0.39 is 112 Å². The Morgan fingerprint density at radius 2 is 1.95 bits per heavy atom. The Bertz CT molecular complexity index is 1240. The molecule has 0 spiro atoms. The molecule has 0 radical (unpaired) electrons. The first-order valence-corrected chi connectivity index (χ1v) is 13.7. The highest BCUT2D eigenvalue weighted by atomic mass is 31.2. The number of aromatic nitrogens is 2. The molecule has 0 aromatic carbocycles. The minimum Gasteiger partial charge on any atom is -0.477 e. The summed E-state index contributed by atoms with van der Waals surface area (Å²) in [5.41, 5.74) is 9.68. The smallest absolute Gasteiger partial charge is 0.475 e.